The third-order valence-electron chi connectivity index (χ3n) is 1.67. The maximum Gasteiger partial charge on any atom is 0.322 e. The zero-order valence-corrected chi connectivity index (χ0v) is 10.6. The summed E-state index contributed by atoms with van der Waals surface area (Å²) in [5.74, 6) is 0.257. The van der Waals surface area contributed by atoms with E-state index in [1.165, 1.54) is 10.9 Å². The summed E-state index contributed by atoms with van der Waals surface area (Å²) in [6.45, 7) is 3.73. The molecule has 0 aliphatic carbocycles. The first-order valence-corrected chi connectivity index (χ1v) is 5.59. The summed E-state index contributed by atoms with van der Waals surface area (Å²) in [4.78, 5) is 11.9. The van der Waals surface area contributed by atoms with E-state index in [4.69, 9.17) is 27.9 Å². The molecule has 0 atom stereocenters. The smallest absolute Gasteiger partial charge is 0.322 e. The van der Waals surface area contributed by atoms with Crippen LogP contribution >= 0.6 is 23.2 Å². The monoisotopic (exact) mass is 273 g/mol. The lowest BCUT2D eigenvalue weighted by molar-refractivity contribution is 0.221. The lowest BCUT2D eigenvalue weighted by Gasteiger charge is -2.08. The molecule has 2 rings (SSSR count). The fourth-order valence-electron chi connectivity index (χ4n) is 1.10. The molecule has 0 aliphatic heterocycles. The molecule has 0 saturated heterocycles. The average Bonchev–Trinajstić information content (AvgIpc) is 2.62. The molecule has 0 spiro atoms. The Kier molecular flexibility index (Phi) is 3.44. The van der Waals surface area contributed by atoms with E-state index in [2.05, 4.69) is 20.1 Å². The zero-order valence-electron chi connectivity index (χ0n) is 9.13. The molecule has 0 aromatic carbocycles. The van der Waals surface area contributed by atoms with Gasteiger partial charge in [0.15, 0.2) is 0 Å². The van der Waals surface area contributed by atoms with Crippen LogP contribution in [0, 0.1) is 0 Å². The van der Waals surface area contributed by atoms with Crippen molar-refractivity contribution in [2.24, 2.45) is 0 Å². The molecule has 2 aromatic rings. The van der Waals surface area contributed by atoms with Gasteiger partial charge in [0.05, 0.1) is 23.5 Å². The van der Waals surface area contributed by atoms with Gasteiger partial charge in [-0.3, -0.25) is 0 Å². The number of rotatable bonds is 3. The molecule has 2 heterocycles. The van der Waals surface area contributed by atoms with Crippen molar-refractivity contribution in [3.05, 3.63) is 22.7 Å². The number of nitrogens with zero attached hydrogens (tertiary/aromatic N) is 5. The van der Waals surface area contributed by atoms with Gasteiger partial charge in [0.25, 0.3) is 5.95 Å². The van der Waals surface area contributed by atoms with E-state index in [0.29, 0.717) is 5.02 Å². The molecular weight excluding hydrogens is 265 g/mol. The van der Waals surface area contributed by atoms with Crippen molar-refractivity contribution in [1.82, 2.24) is 24.7 Å². The van der Waals surface area contributed by atoms with Crippen molar-refractivity contribution in [1.29, 1.82) is 0 Å². The largest absolute Gasteiger partial charge is 0.461 e. The summed E-state index contributed by atoms with van der Waals surface area (Å²) in [6, 6.07) is 0.154. The van der Waals surface area contributed by atoms with Gasteiger partial charge in [-0.05, 0) is 25.4 Å². The first kappa shape index (κ1) is 12.1. The Morgan fingerprint density at radius 1 is 1.24 bits per heavy atom. The van der Waals surface area contributed by atoms with E-state index in [-0.39, 0.29) is 23.3 Å². The van der Waals surface area contributed by atoms with Gasteiger partial charge in [-0.2, -0.15) is 20.1 Å². The minimum Gasteiger partial charge on any atom is -0.461 e. The summed E-state index contributed by atoms with van der Waals surface area (Å²) in [5.41, 5.74) is 0. The van der Waals surface area contributed by atoms with E-state index < -0.39 is 0 Å². The fourth-order valence-corrected chi connectivity index (χ4v) is 1.38. The van der Waals surface area contributed by atoms with Crippen LogP contribution in [0.3, 0.4) is 0 Å². The lowest BCUT2D eigenvalue weighted by atomic mass is 10.5. The van der Waals surface area contributed by atoms with E-state index >= 15 is 0 Å². The highest BCUT2D eigenvalue weighted by molar-refractivity contribution is 6.30. The summed E-state index contributed by atoms with van der Waals surface area (Å²) in [5, 5.41) is 4.48. The van der Waals surface area contributed by atoms with E-state index in [1.807, 2.05) is 13.8 Å². The van der Waals surface area contributed by atoms with Crippen molar-refractivity contribution in [3.63, 3.8) is 0 Å². The number of halogens is 2. The van der Waals surface area contributed by atoms with Gasteiger partial charge in [0.2, 0.25) is 5.28 Å². The van der Waals surface area contributed by atoms with E-state index in [1.54, 1.807) is 6.20 Å². The van der Waals surface area contributed by atoms with Gasteiger partial charge in [0, 0.05) is 0 Å². The zero-order chi connectivity index (χ0) is 12.4. The first-order chi connectivity index (χ1) is 8.04. The van der Waals surface area contributed by atoms with Gasteiger partial charge >= 0.3 is 6.01 Å². The Labute approximate surface area is 108 Å². The van der Waals surface area contributed by atoms with Crippen molar-refractivity contribution < 1.29 is 4.74 Å². The van der Waals surface area contributed by atoms with Crippen LogP contribution in [0.2, 0.25) is 10.3 Å². The van der Waals surface area contributed by atoms with Crippen molar-refractivity contribution in [3.8, 4) is 12.0 Å². The molecule has 0 radical (unpaired) electrons. The van der Waals surface area contributed by atoms with Crippen LogP contribution in [0.15, 0.2) is 12.4 Å². The van der Waals surface area contributed by atoms with Crippen LogP contribution < -0.4 is 4.74 Å². The molecule has 0 N–H and O–H groups in total. The predicted octanol–water partition coefficient (Wildman–Crippen LogP) is 2.15. The molecule has 0 bridgehead atoms. The molecule has 6 nitrogen and oxygen atoms in total. The fraction of sp³-hybridized carbons (Fsp3) is 0.333. The number of ether oxygens (including phenoxy) is 1. The second kappa shape index (κ2) is 4.85. The van der Waals surface area contributed by atoms with Crippen LogP contribution in [0.4, 0.5) is 0 Å². The number of hydrogen-bond donors (Lipinski definition) is 0. The van der Waals surface area contributed by atoms with E-state index in [9.17, 15) is 0 Å². The van der Waals surface area contributed by atoms with Crippen molar-refractivity contribution in [2.75, 3.05) is 0 Å². The van der Waals surface area contributed by atoms with Gasteiger partial charge in [-0.15, -0.1) is 0 Å². The summed E-state index contributed by atoms with van der Waals surface area (Å²) >= 11 is 11.5. The van der Waals surface area contributed by atoms with Crippen LogP contribution in [0.1, 0.15) is 13.8 Å². The minimum absolute atomic E-state index is 0.0391. The third kappa shape index (κ3) is 3.04. The maximum atomic E-state index is 5.77. The molecule has 0 saturated carbocycles. The SMILES string of the molecule is CC(C)Oc1nc(Cl)nc(-n2cc(Cl)cn2)n1. The standard InChI is InChI=1S/C9H9Cl2N5O/c1-5(2)17-9-14-7(11)13-8(15-9)16-4-6(10)3-12-16/h3-5H,1-2H3. The average molecular weight is 274 g/mol. The summed E-state index contributed by atoms with van der Waals surface area (Å²) < 4.78 is 6.74. The number of hydrogen-bond acceptors (Lipinski definition) is 5. The van der Waals surface area contributed by atoms with Crippen LogP contribution in [0.5, 0.6) is 6.01 Å². The van der Waals surface area contributed by atoms with Gasteiger partial charge in [-0.1, -0.05) is 11.6 Å². The van der Waals surface area contributed by atoms with Crippen LogP contribution in [-0.2, 0) is 0 Å². The van der Waals surface area contributed by atoms with Crippen molar-refractivity contribution >= 4 is 23.2 Å². The summed E-state index contributed by atoms with van der Waals surface area (Å²) in [7, 11) is 0. The second-order valence-electron chi connectivity index (χ2n) is 3.46. The quantitative estimate of drug-likeness (QED) is 0.857. The molecule has 90 valence electrons. The van der Waals surface area contributed by atoms with E-state index in [0.717, 1.165) is 0 Å². The highest BCUT2D eigenvalue weighted by Gasteiger charge is 2.10. The third-order valence-corrected chi connectivity index (χ3v) is 2.04. The Bertz CT molecular complexity index is 528. The van der Waals surface area contributed by atoms with Gasteiger partial charge in [0.1, 0.15) is 0 Å². The van der Waals surface area contributed by atoms with Crippen molar-refractivity contribution in [2.45, 2.75) is 20.0 Å². The second-order valence-corrected chi connectivity index (χ2v) is 4.23. The Morgan fingerprint density at radius 2 is 2.00 bits per heavy atom. The van der Waals surface area contributed by atoms with Gasteiger partial charge < -0.3 is 4.74 Å². The molecule has 0 fully saturated rings. The molecular formula is C9H9Cl2N5O. The molecule has 0 unspecified atom stereocenters. The lowest BCUT2D eigenvalue weighted by Crippen LogP contribution is -2.11. The molecule has 8 heteroatoms. The Morgan fingerprint density at radius 3 is 2.59 bits per heavy atom. The molecule has 2 aromatic heterocycles. The highest BCUT2D eigenvalue weighted by Crippen LogP contribution is 2.14. The Balaban J connectivity index is 2.37. The molecule has 0 aliphatic rings. The predicted molar refractivity (Wildman–Crippen MR) is 62.7 cm³/mol. The van der Waals surface area contributed by atoms with Crippen LogP contribution in [0.25, 0.3) is 5.95 Å². The topological polar surface area (TPSA) is 65.7 Å². The first-order valence-electron chi connectivity index (χ1n) is 4.83. The highest BCUT2D eigenvalue weighted by atomic mass is 35.5. The minimum atomic E-state index is -0.0532. The van der Waals surface area contributed by atoms with Crippen LogP contribution in [-0.4, -0.2) is 30.8 Å². The summed E-state index contributed by atoms with van der Waals surface area (Å²) in [6.07, 6.45) is 2.98. The van der Waals surface area contributed by atoms with Gasteiger partial charge in [-0.25, -0.2) is 4.68 Å². The number of aromatic nitrogens is 5. The normalized spacial score (nSPS) is 10.9. The maximum absolute atomic E-state index is 5.77. The molecule has 17 heavy (non-hydrogen) atoms. The Hall–Kier alpha value is -1.40. The molecule has 0 amide bonds.